The van der Waals surface area contributed by atoms with E-state index in [4.69, 9.17) is 0 Å². The van der Waals surface area contributed by atoms with Crippen molar-refractivity contribution in [2.75, 3.05) is 6.54 Å². The van der Waals surface area contributed by atoms with Gasteiger partial charge in [-0.3, -0.25) is 4.79 Å². The van der Waals surface area contributed by atoms with E-state index in [1.165, 1.54) is 5.56 Å². The fourth-order valence-electron chi connectivity index (χ4n) is 3.28. The zero-order valence-electron chi connectivity index (χ0n) is 11.8. The van der Waals surface area contributed by atoms with Crippen molar-refractivity contribution in [3.63, 3.8) is 0 Å². The molecule has 1 heterocycles. The van der Waals surface area contributed by atoms with E-state index in [0.717, 1.165) is 35.6 Å². The summed E-state index contributed by atoms with van der Waals surface area (Å²) in [6, 6.07) is 4.28. The Kier molecular flexibility index (Phi) is 3.75. The number of aliphatic carboxylic acids is 1. The summed E-state index contributed by atoms with van der Waals surface area (Å²) in [4.78, 5) is 11.6. The molecule has 1 atom stereocenters. The van der Waals surface area contributed by atoms with Gasteiger partial charge in [0.15, 0.2) is 0 Å². The van der Waals surface area contributed by atoms with Crippen molar-refractivity contribution in [3.05, 3.63) is 29.3 Å². The molecule has 1 N–H and O–H groups in total. The molecule has 0 aromatic heterocycles. The molecule has 0 radical (unpaired) electrons. The van der Waals surface area contributed by atoms with Crippen LogP contribution in [0.5, 0.6) is 0 Å². The van der Waals surface area contributed by atoms with Crippen molar-refractivity contribution in [2.45, 2.75) is 49.5 Å². The minimum Gasteiger partial charge on any atom is -0.480 e. The molecule has 1 aromatic carbocycles. The number of rotatable bonds is 3. The van der Waals surface area contributed by atoms with Crippen LogP contribution in [0.1, 0.15) is 36.8 Å². The maximum atomic E-state index is 12.8. The van der Waals surface area contributed by atoms with Gasteiger partial charge in [-0.05, 0) is 61.8 Å². The van der Waals surface area contributed by atoms with Gasteiger partial charge in [-0.1, -0.05) is 6.07 Å². The number of sulfonamides is 1. The maximum absolute atomic E-state index is 12.8. The Hall–Kier alpha value is -1.40. The molecule has 0 saturated carbocycles. The largest absolute Gasteiger partial charge is 0.480 e. The number of aryl methyl sites for hydroxylation is 2. The maximum Gasteiger partial charge on any atom is 0.322 e. The second-order valence-corrected chi connectivity index (χ2v) is 7.64. The predicted octanol–water partition coefficient (Wildman–Crippen LogP) is 1.80. The van der Waals surface area contributed by atoms with Gasteiger partial charge in [0.1, 0.15) is 6.04 Å². The van der Waals surface area contributed by atoms with Crippen molar-refractivity contribution < 1.29 is 18.3 Å². The molecular formula is C15H19NO4S. The van der Waals surface area contributed by atoms with Gasteiger partial charge in [0, 0.05) is 6.54 Å². The van der Waals surface area contributed by atoms with E-state index in [1.54, 1.807) is 12.1 Å². The highest BCUT2D eigenvalue weighted by Gasteiger charge is 2.37. The predicted molar refractivity (Wildman–Crippen MR) is 77.6 cm³/mol. The zero-order chi connectivity index (χ0) is 15.0. The molecule has 0 amide bonds. The molecular weight excluding hydrogens is 290 g/mol. The Morgan fingerprint density at radius 3 is 2.67 bits per heavy atom. The average Bonchev–Trinajstić information content (AvgIpc) is 2.94. The van der Waals surface area contributed by atoms with Crippen molar-refractivity contribution in [3.8, 4) is 0 Å². The number of fused-ring (bicyclic) bond motifs is 1. The summed E-state index contributed by atoms with van der Waals surface area (Å²) < 4.78 is 26.7. The van der Waals surface area contributed by atoms with E-state index >= 15 is 0 Å². The van der Waals surface area contributed by atoms with E-state index in [9.17, 15) is 18.3 Å². The van der Waals surface area contributed by atoms with Gasteiger partial charge in [-0.15, -0.1) is 0 Å². The van der Waals surface area contributed by atoms with Gasteiger partial charge < -0.3 is 5.11 Å². The van der Waals surface area contributed by atoms with Crippen LogP contribution in [0.3, 0.4) is 0 Å². The molecule has 21 heavy (non-hydrogen) atoms. The SMILES string of the molecule is O=C(O)C1CCCCN1S(=O)(=O)c1ccc2c(c1)CCC2. The highest BCUT2D eigenvalue weighted by atomic mass is 32.2. The van der Waals surface area contributed by atoms with Crippen molar-refractivity contribution in [2.24, 2.45) is 0 Å². The highest BCUT2D eigenvalue weighted by Crippen LogP contribution is 2.29. The summed E-state index contributed by atoms with van der Waals surface area (Å²) >= 11 is 0. The molecule has 0 spiro atoms. The summed E-state index contributed by atoms with van der Waals surface area (Å²) in [6.45, 7) is 0.288. The number of hydrogen-bond acceptors (Lipinski definition) is 3. The molecule has 1 saturated heterocycles. The van der Waals surface area contributed by atoms with Crippen molar-refractivity contribution in [1.82, 2.24) is 4.31 Å². The van der Waals surface area contributed by atoms with Gasteiger partial charge in [0.2, 0.25) is 10.0 Å². The Labute approximate surface area is 124 Å². The standard InChI is InChI=1S/C15H19NO4S/c17-15(18)14-6-1-2-9-16(14)21(19,20)13-8-7-11-4-3-5-12(11)10-13/h7-8,10,14H,1-6,9H2,(H,17,18). The molecule has 2 aliphatic rings. The number of carboxylic acid groups (broad SMARTS) is 1. The molecule has 3 rings (SSSR count). The number of nitrogens with zero attached hydrogens (tertiary/aromatic N) is 1. The van der Waals surface area contributed by atoms with Crippen LogP contribution in [-0.4, -0.2) is 36.4 Å². The molecule has 1 aliphatic heterocycles. The van der Waals surface area contributed by atoms with E-state index in [-0.39, 0.29) is 11.4 Å². The minimum atomic E-state index is -3.73. The number of carboxylic acids is 1. The van der Waals surface area contributed by atoms with Gasteiger partial charge in [-0.25, -0.2) is 8.42 Å². The van der Waals surface area contributed by atoms with Crippen LogP contribution in [0.15, 0.2) is 23.1 Å². The lowest BCUT2D eigenvalue weighted by Gasteiger charge is -2.32. The fourth-order valence-corrected chi connectivity index (χ4v) is 4.99. The van der Waals surface area contributed by atoms with Crippen LogP contribution in [0.2, 0.25) is 0 Å². The molecule has 1 aliphatic carbocycles. The molecule has 1 aromatic rings. The van der Waals surface area contributed by atoms with Gasteiger partial charge in [-0.2, -0.15) is 4.31 Å². The first-order valence-corrected chi connectivity index (χ1v) is 8.80. The minimum absolute atomic E-state index is 0.233. The molecule has 114 valence electrons. The van der Waals surface area contributed by atoms with Crippen LogP contribution in [0.4, 0.5) is 0 Å². The first-order valence-electron chi connectivity index (χ1n) is 7.36. The lowest BCUT2D eigenvalue weighted by molar-refractivity contribution is -0.142. The normalized spacial score (nSPS) is 23.0. The van der Waals surface area contributed by atoms with Crippen LogP contribution >= 0.6 is 0 Å². The van der Waals surface area contributed by atoms with Gasteiger partial charge in [0.25, 0.3) is 0 Å². The third kappa shape index (κ3) is 2.58. The highest BCUT2D eigenvalue weighted by molar-refractivity contribution is 7.89. The molecule has 6 heteroatoms. The first kappa shape index (κ1) is 14.5. The second kappa shape index (κ2) is 5.42. The monoisotopic (exact) mass is 309 g/mol. The molecule has 5 nitrogen and oxygen atoms in total. The van der Waals surface area contributed by atoms with Crippen LogP contribution in [0, 0.1) is 0 Å². The Balaban J connectivity index is 1.97. The Bertz CT molecular complexity index is 668. The third-order valence-corrected chi connectivity index (χ3v) is 6.32. The number of benzene rings is 1. The van der Waals surface area contributed by atoms with E-state index in [2.05, 4.69) is 0 Å². The van der Waals surface area contributed by atoms with Crippen LogP contribution in [0.25, 0.3) is 0 Å². The summed E-state index contributed by atoms with van der Waals surface area (Å²) in [5.41, 5.74) is 2.29. The smallest absolute Gasteiger partial charge is 0.322 e. The van der Waals surface area contributed by atoms with Crippen LogP contribution < -0.4 is 0 Å². The summed E-state index contributed by atoms with van der Waals surface area (Å²) in [7, 11) is -3.73. The summed E-state index contributed by atoms with van der Waals surface area (Å²) in [5.74, 6) is -1.06. The summed E-state index contributed by atoms with van der Waals surface area (Å²) in [5, 5.41) is 9.27. The number of carbonyl (C=O) groups is 1. The number of hydrogen-bond donors (Lipinski definition) is 1. The first-order chi connectivity index (χ1) is 10.00. The Morgan fingerprint density at radius 1 is 1.14 bits per heavy atom. The van der Waals surface area contributed by atoms with Gasteiger partial charge in [0.05, 0.1) is 4.90 Å². The van der Waals surface area contributed by atoms with E-state index in [0.29, 0.717) is 12.8 Å². The quantitative estimate of drug-likeness (QED) is 0.924. The second-order valence-electron chi connectivity index (χ2n) is 5.75. The van der Waals surface area contributed by atoms with E-state index < -0.39 is 22.0 Å². The molecule has 1 fully saturated rings. The fraction of sp³-hybridized carbons (Fsp3) is 0.533. The molecule has 0 bridgehead atoms. The lowest BCUT2D eigenvalue weighted by atomic mass is 10.1. The lowest BCUT2D eigenvalue weighted by Crippen LogP contribution is -2.47. The topological polar surface area (TPSA) is 74.7 Å². The average molecular weight is 309 g/mol. The van der Waals surface area contributed by atoms with Gasteiger partial charge >= 0.3 is 5.97 Å². The molecule has 1 unspecified atom stereocenters. The van der Waals surface area contributed by atoms with E-state index in [1.807, 2.05) is 6.07 Å². The third-order valence-electron chi connectivity index (χ3n) is 4.42. The van der Waals surface area contributed by atoms with Crippen molar-refractivity contribution >= 4 is 16.0 Å². The zero-order valence-corrected chi connectivity index (χ0v) is 12.6. The Morgan fingerprint density at radius 2 is 1.90 bits per heavy atom. The van der Waals surface area contributed by atoms with Crippen LogP contribution in [-0.2, 0) is 27.7 Å². The number of piperidine rings is 1. The summed E-state index contributed by atoms with van der Waals surface area (Å²) in [6.07, 6.45) is 4.82. The van der Waals surface area contributed by atoms with Crippen molar-refractivity contribution in [1.29, 1.82) is 0 Å².